The Bertz CT molecular complexity index is 1310. The minimum atomic E-state index is -3.64. The molecule has 0 fully saturated rings. The fourth-order valence-corrected chi connectivity index (χ4v) is 5.27. The number of anilines is 1. The van der Waals surface area contributed by atoms with Crippen molar-refractivity contribution < 1.29 is 31.8 Å². The molecule has 39 heavy (non-hydrogen) atoms. The highest BCUT2D eigenvalue weighted by Crippen LogP contribution is 2.41. The average molecular weight is 561 g/mol. The molecular formula is C27H36N4O7S. The molecule has 0 spiro atoms. The summed E-state index contributed by atoms with van der Waals surface area (Å²) in [4.78, 5) is 12.9. The summed E-state index contributed by atoms with van der Waals surface area (Å²) < 4.78 is 50.2. The Hall–Kier alpha value is -3.64. The van der Waals surface area contributed by atoms with E-state index < -0.39 is 15.9 Å². The Balaban J connectivity index is 1.79. The third-order valence-corrected chi connectivity index (χ3v) is 7.66. The van der Waals surface area contributed by atoms with Gasteiger partial charge >= 0.3 is 6.01 Å². The van der Waals surface area contributed by atoms with E-state index in [1.165, 1.54) is 28.6 Å². The Labute approximate surface area is 229 Å². The number of hydrogen-bond donors (Lipinski definition) is 1. The van der Waals surface area contributed by atoms with Crippen molar-refractivity contribution in [2.45, 2.75) is 52.4 Å². The van der Waals surface area contributed by atoms with Crippen molar-refractivity contribution in [1.29, 1.82) is 0 Å². The van der Waals surface area contributed by atoms with Gasteiger partial charge in [-0.15, -0.1) is 5.10 Å². The summed E-state index contributed by atoms with van der Waals surface area (Å²) in [5.74, 6) is 1.04. The minimum Gasteiger partial charge on any atom is -0.490 e. The van der Waals surface area contributed by atoms with Crippen LogP contribution in [0.3, 0.4) is 0 Å². The minimum absolute atomic E-state index is 0.117. The molecule has 0 saturated carbocycles. The number of unbranched alkanes of at least 4 members (excludes halogenated alkanes) is 1. The first kappa shape index (κ1) is 29.9. The molecule has 1 heterocycles. The van der Waals surface area contributed by atoms with Crippen molar-refractivity contribution in [1.82, 2.24) is 14.5 Å². The van der Waals surface area contributed by atoms with Gasteiger partial charge in [-0.1, -0.05) is 25.4 Å². The number of ether oxygens (including phenoxy) is 3. The Morgan fingerprint density at radius 3 is 2.08 bits per heavy atom. The molecule has 1 aromatic heterocycles. The second-order valence-electron chi connectivity index (χ2n) is 8.34. The number of hydrogen-bond acceptors (Lipinski definition) is 9. The van der Waals surface area contributed by atoms with Crippen LogP contribution >= 0.6 is 0 Å². The van der Waals surface area contributed by atoms with Crippen LogP contribution in [0, 0.1) is 0 Å². The highest BCUT2D eigenvalue weighted by atomic mass is 32.2. The first-order valence-corrected chi connectivity index (χ1v) is 14.5. The van der Waals surface area contributed by atoms with Crippen LogP contribution in [0.25, 0.3) is 11.5 Å². The van der Waals surface area contributed by atoms with Crippen molar-refractivity contribution in [3.8, 4) is 28.7 Å². The fourth-order valence-electron chi connectivity index (χ4n) is 3.78. The highest BCUT2D eigenvalue weighted by Gasteiger charge is 2.23. The number of sulfonamides is 1. The molecule has 3 aromatic rings. The summed E-state index contributed by atoms with van der Waals surface area (Å²) in [7, 11) is -3.64. The lowest BCUT2D eigenvalue weighted by Gasteiger charge is -2.20. The molecule has 0 unspecified atom stereocenters. The van der Waals surface area contributed by atoms with Crippen molar-refractivity contribution in [2.75, 3.05) is 38.2 Å². The van der Waals surface area contributed by atoms with Crippen LogP contribution in [0.15, 0.2) is 45.7 Å². The number of carbonyl (C=O) groups is 1. The third kappa shape index (κ3) is 7.27. The van der Waals surface area contributed by atoms with Gasteiger partial charge in [0.1, 0.15) is 0 Å². The van der Waals surface area contributed by atoms with Crippen LogP contribution in [0.2, 0.25) is 0 Å². The molecular weight excluding hydrogens is 524 g/mol. The van der Waals surface area contributed by atoms with Crippen LogP contribution in [-0.4, -0.2) is 61.7 Å². The molecule has 0 bridgehead atoms. The number of benzene rings is 2. The van der Waals surface area contributed by atoms with Crippen molar-refractivity contribution in [2.24, 2.45) is 0 Å². The standard InChI is InChI=1S/C27H36N4O7S/c1-6-11-16-31(7-2)39(33,34)21-14-12-19(13-15-21)25(32)28-27-30-29-26(38-27)20-17-22(35-8-3)24(37-10-5)23(18-20)36-9-4/h12-15,17-18H,6-11,16H2,1-5H3,(H,28,30,32). The maximum atomic E-state index is 12.9. The molecule has 0 aliphatic heterocycles. The summed E-state index contributed by atoms with van der Waals surface area (Å²) in [5.41, 5.74) is 0.764. The molecule has 0 saturated heterocycles. The normalized spacial score (nSPS) is 11.4. The first-order valence-electron chi connectivity index (χ1n) is 13.1. The van der Waals surface area contributed by atoms with E-state index in [0.29, 0.717) is 55.7 Å². The molecule has 212 valence electrons. The van der Waals surface area contributed by atoms with Gasteiger partial charge in [0, 0.05) is 24.2 Å². The van der Waals surface area contributed by atoms with E-state index in [0.717, 1.165) is 12.8 Å². The van der Waals surface area contributed by atoms with Crippen LogP contribution in [0.5, 0.6) is 17.2 Å². The summed E-state index contributed by atoms with van der Waals surface area (Å²) >= 11 is 0. The Morgan fingerprint density at radius 2 is 1.54 bits per heavy atom. The number of aromatic nitrogens is 2. The third-order valence-electron chi connectivity index (χ3n) is 5.67. The van der Waals surface area contributed by atoms with E-state index >= 15 is 0 Å². The van der Waals surface area contributed by atoms with Gasteiger partial charge in [0.15, 0.2) is 11.5 Å². The zero-order chi connectivity index (χ0) is 28.4. The number of nitrogens with zero attached hydrogens (tertiary/aromatic N) is 3. The number of carbonyl (C=O) groups excluding carboxylic acids is 1. The predicted molar refractivity (Wildman–Crippen MR) is 147 cm³/mol. The summed E-state index contributed by atoms with van der Waals surface area (Å²) in [6, 6.07) is 9.02. The Morgan fingerprint density at radius 1 is 0.923 bits per heavy atom. The van der Waals surface area contributed by atoms with E-state index in [4.69, 9.17) is 18.6 Å². The predicted octanol–water partition coefficient (Wildman–Crippen LogP) is 5.00. The lowest BCUT2D eigenvalue weighted by Crippen LogP contribution is -2.31. The molecule has 0 atom stereocenters. The zero-order valence-electron chi connectivity index (χ0n) is 23.0. The maximum Gasteiger partial charge on any atom is 0.322 e. The second-order valence-corrected chi connectivity index (χ2v) is 10.3. The molecule has 3 rings (SSSR count). The number of amides is 1. The second kappa shape index (κ2) is 13.9. The van der Waals surface area contributed by atoms with Gasteiger partial charge in [0.05, 0.1) is 24.7 Å². The summed E-state index contributed by atoms with van der Waals surface area (Å²) in [6.45, 7) is 11.5. The monoisotopic (exact) mass is 560 g/mol. The van der Waals surface area contributed by atoms with Gasteiger partial charge in [0.25, 0.3) is 5.91 Å². The molecule has 11 nitrogen and oxygen atoms in total. The number of rotatable bonds is 15. The quantitative estimate of drug-likeness (QED) is 0.273. The van der Waals surface area contributed by atoms with Crippen LogP contribution in [0.1, 0.15) is 57.8 Å². The topological polar surface area (TPSA) is 133 Å². The Kier molecular flexibility index (Phi) is 10.7. The maximum absolute atomic E-state index is 12.9. The van der Waals surface area contributed by atoms with Crippen molar-refractivity contribution >= 4 is 21.9 Å². The van der Waals surface area contributed by atoms with E-state index in [2.05, 4.69) is 15.5 Å². The van der Waals surface area contributed by atoms with E-state index in [-0.39, 0.29) is 22.4 Å². The van der Waals surface area contributed by atoms with Crippen LogP contribution in [0.4, 0.5) is 6.01 Å². The van der Waals surface area contributed by atoms with Crippen LogP contribution in [-0.2, 0) is 10.0 Å². The van der Waals surface area contributed by atoms with Gasteiger partial charge < -0.3 is 18.6 Å². The van der Waals surface area contributed by atoms with Gasteiger partial charge in [-0.2, -0.15) is 4.31 Å². The zero-order valence-corrected chi connectivity index (χ0v) is 23.8. The van der Waals surface area contributed by atoms with Gasteiger partial charge in [-0.25, -0.2) is 8.42 Å². The molecule has 12 heteroatoms. The highest BCUT2D eigenvalue weighted by molar-refractivity contribution is 7.89. The van der Waals surface area contributed by atoms with Gasteiger partial charge in [-0.3, -0.25) is 10.1 Å². The lowest BCUT2D eigenvalue weighted by molar-refractivity contribution is 0.102. The largest absolute Gasteiger partial charge is 0.490 e. The summed E-state index contributed by atoms with van der Waals surface area (Å²) in [5, 5.41) is 10.5. The van der Waals surface area contributed by atoms with Crippen molar-refractivity contribution in [3.05, 3.63) is 42.0 Å². The van der Waals surface area contributed by atoms with E-state index in [1.807, 2.05) is 27.7 Å². The molecule has 0 radical (unpaired) electrons. The lowest BCUT2D eigenvalue weighted by atomic mass is 10.2. The molecule has 1 amide bonds. The molecule has 0 aliphatic carbocycles. The first-order chi connectivity index (χ1) is 18.8. The van der Waals surface area contributed by atoms with Gasteiger partial charge in [0.2, 0.25) is 21.7 Å². The molecule has 2 aromatic carbocycles. The van der Waals surface area contributed by atoms with Crippen molar-refractivity contribution in [3.63, 3.8) is 0 Å². The van der Waals surface area contributed by atoms with Crippen LogP contribution < -0.4 is 19.5 Å². The molecule has 1 N–H and O–H groups in total. The number of nitrogens with one attached hydrogen (secondary N) is 1. The van der Waals surface area contributed by atoms with E-state index in [1.54, 1.807) is 19.1 Å². The summed E-state index contributed by atoms with van der Waals surface area (Å²) in [6.07, 6.45) is 1.67. The smallest absolute Gasteiger partial charge is 0.322 e. The SMILES string of the molecule is CCCCN(CC)S(=O)(=O)c1ccc(C(=O)Nc2nnc(-c3cc(OCC)c(OCC)c(OCC)c3)o2)cc1. The average Bonchev–Trinajstić information content (AvgIpc) is 3.39. The molecule has 0 aliphatic rings. The fraction of sp³-hybridized carbons (Fsp3) is 0.444. The van der Waals surface area contributed by atoms with Gasteiger partial charge in [-0.05, 0) is 63.6 Å². The van der Waals surface area contributed by atoms with E-state index in [9.17, 15) is 13.2 Å².